The summed E-state index contributed by atoms with van der Waals surface area (Å²) in [6.07, 6.45) is -0.0366. The molecule has 0 radical (unpaired) electrons. The summed E-state index contributed by atoms with van der Waals surface area (Å²) in [6.45, 7) is 11.0. The molecular weight excluding hydrogens is 757 g/mol. The minimum Gasteiger partial charge on any atom is -0.459 e. The van der Waals surface area contributed by atoms with Gasteiger partial charge in [-0.15, -0.1) is 0 Å². The van der Waals surface area contributed by atoms with Gasteiger partial charge < -0.3 is 9.47 Å². The summed E-state index contributed by atoms with van der Waals surface area (Å²) in [4.78, 5) is 43.4. The van der Waals surface area contributed by atoms with Crippen LogP contribution >= 0.6 is 0 Å². The molecule has 8 rings (SSSR count). The molecule has 2 aliphatic rings. The molecule has 61 heavy (non-hydrogen) atoms. The maximum absolute atomic E-state index is 14.6. The van der Waals surface area contributed by atoms with E-state index in [1.165, 1.54) is 0 Å². The van der Waals surface area contributed by atoms with Gasteiger partial charge in [0.05, 0.1) is 11.1 Å². The van der Waals surface area contributed by atoms with Gasteiger partial charge in [-0.25, -0.2) is 0 Å². The Bertz CT molecular complexity index is 2480. The highest BCUT2D eigenvalue weighted by Gasteiger charge is 2.49. The lowest BCUT2D eigenvalue weighted by Crippen LogP contribution is -2.54. The largest absolute Gasteiger partial charge is 0.459 e. The molecule has 0 saturated carbocycles. The number of ketones is 1. The SMILES string of the molecule is CC(C)(C)OC(=O)[C@H](CCC(=O)C[C@H](NC1(c2ccccc2)c2ccccc2-c2ccccc21)C(=O)OC(C)(C)C)NC1(c2ccccc2)c2ccccc2-c2ccccc21. The molecule has 0 bridgehead atoms. The van der Waals surface area contributed by atoms with E-state index in [0.717, 1.165) is 55.6 Å². The number of fused-ring (bicyclic) bond motifs is 6. The minimum atomic E-state index is -1.04. The molecule has 7 nitrogen and oxygen atoms in total. The van der Waals surface area contributed by atoms with Crippen LogP contribution in [0.4, 0.5) is 0 Å². The molecule has 0 aliphatic heterocycles. The van der Waals surface area contributed by atoms with Gasteiger partial charge in [0.1, 0.15) is 29.1 Å². The van der Waals surface area contributed by atoms with Crippen molar-refractivity contribution in [2.75, 3.05) is 0 Å². The average molecular weight is 811 g/mol. The summed E-state index contributed by atoms with van der Waals surface area (Å²) in [5.74, 6) is -1.17. The molecule has 6 aromatic carbocycles. The van der Waals surface area contributed by atoms with Gasteiger partial charge in [-0.2, -0.15) is 0 Å². The molecule has 2 N–H and O–H groups in total. The van der Waals surface area contributed by atoms with Crippen molar-refractivity contribution in [2.45, 2.75) is 95.2 Å². The van der Waals surface area contributed by atoms with E-state index in [2.05, 4.69) is 83.4 Å². The van der Waals surface area contributed by atoms with Crippen molar-refractivity contribution in [2.24, 2.45) is 0 Å². The summed E-state index contributed by atoms with van der Waals surface area (Å²) in [5, 5.41) is 7.58. The van der Waals surface area contributed by atoms with Gasteiger partial charge in [0.2, 0.25) is 0 Å². The first-order valence-corrected chi connectivity index (χ1v) is 21.2. The second kappa shape index (κ2) is 16.4. The first kappa shape index (κ1) is 41.6. The maximum atomic E-state index is 14.6. The predicted molar refractivity (Wildman–Crippen MR) is 241 cm³/mol. The Hall–Kier alpha value is -6.15. The number of benzene rings is 6. The van der Waals surface area contributed by atoms with Crippen molar-refractivity contribution in [3.8, 4) is 22.3 Å². The van der Waals surface area contributed by atoms with Crippen LogP contribution in [-0.2, 0) is 34.9 Å². The fraction of sp³-hybridized carbons (Fsp3) is 0.278. The lowest BCUT2D eigenvalue weighted by atomic mass is 9.79. The Balaban J connectivity index is 1.16. The normalized spacial score (nSPS) is 15.4. The fourth-order valence-electron chi connectivity index (χ4n) is 9.29. The lowest BCUT2D eigenvalue weighted by molar-refractivity contribution is -0.160. The third kappa shape index (κ3) is 7.96. The van der Waals surface area contributed by atoms with Crippen LogP contribution in [0.15, 0.2) is 158 Å². The summed E-state index contributed by atoms with van der Waals surface area (Å²) >= 11 is 0. The van der Waals surface area contributed by atoms with E-state index in [9.17, 15) is 14.4 Å². The van der Waals surface area contributed by atoms with Crippen molar-refractivity contribution in [1.29, 1.82) is 0 Å². The van der Waals surface area contributed by atoms with Crippen LogP contribution in [0.3, 0.4) is 0 Å². The average Bonchev–Trinajstić information content (AvgIpc) is 3.69. The van der Waals surface area contributed by atoms with Crippen molar-refractivity contribution in [1.82, 2.24) is 10.6 Å². The Morgan fingerprint density at radius 1 is 0.459 bits per heavy atom. The van der Waals surface area contributed by atoms with E-state index < -0.39 is 46.3 Å². The number of hydrogen-bond donors (Lipinski definition) is 2. The maximum Gasteiger partial charge on any atom is 0.324 e. The predicted octanol–water partition coefficient (Wildman–Crippen LogP) is 10.3. The standard InChI is InChI=1S/C54H54N2O5/c1-51(2,3)60-49(58)47(55-53(36-21-9-7-10-22-36)43-29-17-13-25-39(43)40-26-14-18-30-44(40)53)34-33-38(57)35-48(50(59)61-52(4,5)6)56-54(37-23-11-8-12-24-37)45-31-19-15-27-41(45)42-28-16-20-32-46(42)54/h7-32,47-48,55-56H,33-35H2,1-6H3/t47-,48-/m0/s1. The van der Waals surface area contributed by atoms with Crippen molar-refractivity contribution >= 4 is 17.7 Å². The molecule has 2 atom stereocenters. The monoisotopic (exact) mass is 810 g/mol. The van der Waals surface area contributed by atoms with E-state index in [-0.39, 0.29) is 25.0 Å². The van der Waals surface area contributed by atoms with Crippen molar-refractivity contribution in [3.05, 3.63) is 191 Å². The molecule has 0 saturated heterocycles. The molecule has 6 aromatic rings. The highest BCUT2D eigenvalue weighted by molar-refractivity contribution is 5.89. The zero-order valence-corrected chi connectivity index (χ0v) is 35.8. The van der Waals surface area contributed by atoms with Crippen molar-refractivity contribution < 1.29 is 23.9 Å². The van der Waals surface area contributed by atoms with Crippen LogP contribution in [0.1, 0.15) is 94.2 Å². The quantitative estimate of drug-likeness (QED) is 0.112. The van der Waals surface area contributed by atoms with Crippen LogP contribution in [0.5, 0.6) is 0 Å². The van der Waals surface area contributed by atoms with Gasteiger partial charge in [0.25, 0.3) is 0 Å². The third-order valence-corrected chi connectivity index (χ3v) is 11.6. The zero-order valence-electron chi connectivity index (χ0n) is 35.8. The van der Waals surface area contributed by atoms with E-state index in [4.69, 9.17) is 9.47 Å². The summed E-state index contributed by atoms with van der Waals surface area (Å²) in [5.41, 5.74) is 6.67. The molecule has 0 unspecified atom stereocenters. The Kier molecular flexibility index (Phi) is 11.2. The summed E-state index contributed by atoms with van der Waals surface area (Å²) in [6, 6.07) is 51.2. The van der Waals surface area contributed by atoms with Gasteiger partial charge in [-0.05, 0) is 104 Å². The lowest BCUT2D eigenvalue weighted by Gasteiger charge is -2.38. The molecule has 2 aliphatic carbocycles. The van der Waals surface area contributed by atoms with Gasteiger partial charge in [0, 0.05) is 12.8 Å². The second-order valence-corrected chi connectivity index (χ2v) is 18.2. The Morgan fingerprint density at radius 2 is 0.770 bits per heavy atom. The number of nitrogens with one attached hydrogen (secondary N) is 2. The number of esters is 2. The third-order valence-electron chi connectivity index (χ3n) is 11.6. The Morgan fingerprint density at radius 3 is 1.13 bits per heavy atom. The molecule has 0 amide bonds. The van der Waals surface area contributed by atoms with Gasteiger partial charge in [-0.1, -0.05) is 158 Å². The van der Waals surface area contributed by atoms with Crippen LogP contribution in [0.2, 0.25) is 0 Å². The van der Waals surface area contributed by atoms with Gasteiger partial charge >= 0.3 is 11.9 Å². The summed E-state index contributed by atoms with van der Waals surface area (Å²) in [7, 11) is 0. The molecule has 7 heteroatoms. The van der Waals surface area contributed by atoms with Gasteiger partial charge in [-0.3, -0.25) is 25.0 Å². The van der Waals surface area contributed by atoms with Crippen molar-refractivity contribution in [3.63, 3.8) is 0 Å². The van der Waals surface area contributed by atoms with E-state index in [1.807, 2.05) is 126 Å². The summed E-state index contributed by atoms with van der Waals surface area (Å²) < 4.78 is 12.2. The van der Waals surface area contributed by atoms with Crippen LogP contribution in [0, 0.1) is 0 Å². The minimum absolute atomic E-state index is 0.00242. The zero-order chi connectivity index (χ0) is 43.0. The number of ether oxygens (including phenoxy) is 2. The van der Waals surface area contributed by atoms with E-state index in [1.54, 1.807) is 0 Å². The first-order valence-electron chi connectivity index (χ1n) is 21.2. The second-order valence-electron chi connectivity index (χ2n) is 18.2. The number of hydrogen-bond acceptors (Lipinski definition) is 7. The molecular formula is C54H54N2O5. The molecule has 0 heterocycles. The molecule has 0 fully saturated rings. The van der Waals surface area contributed by atoms with Gasteiger partial charge in [0.15, 0.2) is 0 Å². The Labute approximate surface area is 359 Å². The molecule has 0 aromatic heterocycles. The van der Waals surface area contributed by atoms with Crippen LogP contribution in [-0.4, -0.2) is 41.0 Å². The van der Waals surface area contributed by atoms with Crippen LogP contribution < -0.4 is 10.6 Å². The number of carbonyl (C=O) groups excluding carboxylic acids is 3. The van der Waals surface area contributed by atoms with E-state index >= 15 is 0 Å². The van der Waals surface area contributed by atoms with E-state index in [0.29, 0.717) is 0 Å². The topological polar surface area (TPSA) is 93.7 Å². The number of Topliss-reactive ketones (excluding diaryl/α,β-unsaturated/α-hetero) is 1. The highest BCUT2D eigenvalue weighted by Crippen LogP contribution is 2.52. The highest BCUT2D eigenvalue weighted by atomic mass is 16.6. The fourth-order valence-corrected chi connectivity index (χ4v) is 9.29. The number of rotatable bonds is 13. The smallest absolute Gasteiger partial charge is 0.324 e. The first-order chi connectivity index (χ1) is 29.2. The molecule has 0 spiro atoms. The number of carbonyl (C=O) groups is 3. The van der Waals surface area contributed by atoms with Crippen LogP contribution in [0.25, 0.3) is 22.3 Å². The molecule has 310 valence electrons.